The topological polar surface area (TPSA) is 65.8 Å². The SMILES string of the molecule is N#Cc1cccc(NC(=O)CCSc2ccc(Br)cn2)c1. The van der Waals surface area contributed by atoms with Crippen molar-refractivity contribution in [2.75, 3.05) is 11.1 Å². The number of nitriles is 1. The minimum absolute atomic E-state index is 0.0744. The first-order valence-electron chi connectivity index (χ1n) is 6.22. The van der Waals surface area contributed by atoms with E-state index in [4.69, 9.17) is 5.26 Å². The molecule has 1 heterocycles. The van der Waals surface area contributed by atoms with Gasteiger partial charge < -0.3 is 5.32 Å². The second kappa shape index (κ2) is 7.81. The Morgan fingerprint density at radius 2 is 2.24 bits per heavy atom. The largest absolute Gasteiger partial charge is 0.326 e. The quantitative estimate of drug-likeness (QED) is 0.821. The number of anilines is 1. The van der Waals surface area contributed by atoms with Crippen molar-refractivity contribution in [2.45, 2.75) is 11.4 Å². The molecule has 0 bridgehead atoms. The Morgan fingerprint density at radius 3 is 2.95 bits per heavy atom. The normalized spacial score (nSPS) is 9.90. The van der Waals surface area contributed by atoms with Gasteiger partial charge in [-0.25, -0.2) is 4.98 Å². The van der Waals surface area contributed by atoms with Crippen molar-refractivity contribution < 1.29 is 4.79 Å². The van der Waals surface area contributed by atoms with Crippen LogP contribution >= 0.6 is 27.7 Å². The fourth-order valence-electron chi connectivity index (χ4n) is 1.59. The van der Waals surface area contributed by atoms with E-state index in [1.807, 2.05) is 18.2 Å². The van der Waals surface area contributed by atoms with Crippen LogP contribution in [0.2, 0.25) is 0 Å². The molecule has 0 aliphatic heterocycles. The molecule has 0 radical (unpaired) electrons. The molecule has 21 heavy (non-hydrogen) atoms. The molecule has 4 nitrogen and oxygen atoms in total. The summed E-state index contributed by atoms with van der Waals surface area (Å²) >= 11 is 4.86. The Bertz CT molecular complexity index is 667. The number of nitrogens with one attached hydrogen (secondary N) is 1. The molecule has 1 amide bonds. The third kappa shape index (κ3) is 5.21. The van der Waals surface area contributed by atoms with Crippen LogP contribution in [-0.2, 0) is 4.79 Å². The molecule has 2 rings (SSSR count). The Morgan fingerprint density at radius 1 is 1.38 bits per heavy atom. The van der Waals surface area contributed by atoms with Crippen molar-refractivity contribution in [2.24, 2.45) is 0 Å². The Balaban J connectivity index is 1.79. The first kappa shape index (κ1) is 15.5. The minimum Gasteiger partial charge on any atom is -0.326 e. The van der Waals surface area contributed by atoms with Crippen molar-refractivity contribution in [1.82, 2.24) is 4.98 Å². The smallest absolute Gasteiger partial charge is 0.225 e. The lowest BCUT2D eigenvalue weighted by atomic mass is 10.2. The van der Waals surface area contributed by atoms with Gasteiger partial charge >= 0.3 is 0 Å². The molecule has 0 aliphatic carbocycles. The molecule has 1 N–H and O–H groups in total. The van der Waals surface area contributed by atoms with Crippen LogP contribution in [0.15, 0.2) is 52.1 Å². The molecule has 0 atom stereocenters. The monoisotopic (exact) mass is 361 g/mol. The van der Waals surface area contributed by atoms with Gasteiger partial charge in [0.05, 0.1) is 16.7 Å². The van der Waals surface area contributed by atoms with Crippen LogP contribution in [-0.4, -0.2) is 16.6 Å². The second-order valence-electron chi connectivity index (χ2n) is 4.15. The molecule has 0 fully saturated rings. The van der Waals surface area contributed by atoms with Crippen LogP contribution < -0.4 is 5.32 Å². The van der Waals surface area contributed by atoms with Crippen molar-refractivity contribution in [1.29, 1.82) is 5.26 Å². The number of benzene rings is 1. The number of hydrogen-bond donors (Lipinski definition) is 1. The summed E-state index contributed by atoms with van der Waals surface area (Å²) in [6, 6.07) is 12.7. The average molecular weight is 362 g/mol. The lowest BCUT2D eigenvalue weighted by Gasteiger charge is -2.05. The molecule has 0 spiro atoms. The highest BCUT2D eigenvalue weighted by Gasteiger charge is 2.04. The van der Waals surface area contributed by atoms with E-state index in [9.17, 15) is 4.79 Å². The Hall–Kier alpha value is -1.84. The summed E-state index contributed by atoms with van der Waals surface area (Å²) in [7, 11) is 0. The van der Waals surface area contributed by atoms with E-state index in [-0.39, 0.29) is 5.91 Å². The molecule has 0 saturated carbocycles. The summed E-state index contributed by atoms with van der Waals surface area (Å²) in [4.78, 5) is 16.1. The predicted octanol–water partition coefficient (Wildman–Crippen LogP) is 3.84. The van der Waals surface area contributed by atoms with Gasteiger partial charge in [0, 0.05) is 28.5 Å². The lowest BCUT2D eigenvalue weighted by molar-refractivity contribution is -0.115. The summed E-state index contributed by atoms with van der Waals surface area (Å²) in [5.41, 5.74) is 1.17. The fraction of sp³-hybridized carbons (Fsp3) is 0.133. The van der Waals surface area contributed by atoms with Crippen molar-refractivity contribution in [3.63, 3.8) is 0 Å². The number of carbonyl (C=O) groups excluding carboxylic acids is 1. The van der Waals surface area contributed by atoms with E-state index in [0.29, 0.717) is 23.4 Å². The van der Waals surface area contributed by atoms with Crippen LogP contribution in [0.3, 0.4) is 0 Å². The highest BCUT2D eigenvalue weighted by atomic mass is 79.9. The number of rotatable bonds is 5. The molecule has 6 heteroatoms. The molecular formula is C15H12BrN3OS. The van der Waals surface area contributed by atoms with Crippen LogP contribution in [0.1, 0.15) is 12.0 Å². The summed E-state index contributed by atoms with van der Waals surface area (Å²) < 4.78 is 0.932. The summed E-state index contributed by atoms with van der Waals surface area (Å²) in [6.07, 6.45) is 2.12. The number of pyridine rings is 1. The van der Waals surface area contributed by atoms with Gasteiger partial charge in [-0.3, -0.25) is 4.79 Å². The number of aromatic nitrogens is 1. The van der Waals surface area contributed by atoms with E-state index in [2.05, 4.69) is 26.2 Å². The van der Waals surface area contributed by atoms with Crippen LogP contribution in [0.4, 0.5) is 5.69 Å². The zero-order valence-electron chi connectivity index (χ0n) is 11.0. The number of carbonyl (C=O) groups is 1. The maximum atomic E-state index is 11.8. The molecule has 106 valence electrons. The van der Waals surface area contributed by atoms with Gasteiger partial charge in [0.2, 0.25) is 5.91 Å². The third-order valence-corrected chi connectivity index (χ3v) is 3.97. The number of hydrogen-bond acceptors (Lipinski definition) is 4. The Labute approximate surface area is 135 Å². The first-order valence-corrected chi connectivity index (χ1v) is 7.99. The van der Waals surface area contributed by atoms with Crippen LogP contribution in [0.5, 0.6) is 0 Å². The fourth-order valence-corrected chi connectivity index (χ4v) is 2.61. The second-order valence-corrected chi connectivity index (χ2v) is 6.18. The van der Waals surface area contributed by atoms with E-state index in [0.717, 1.165) is 9.50 Å². The third-order valence-electron chi connectivity index (χ3n) is 2.55. The number of nitrogens with zero attached hydrogens (tertiary/aromatic N) is 2. The zero-order valence-corrected chi connectivity index (χ0v) is 13.4. The molecule has 1 aromatic carbocycles. The first-order chi connectivity index (χ1) is 10.2. The van der Waals surface area contributed by atoms with E-state index in [1.165, 1.54) is 11.8 Å². The maximum Gasteiger partial charge on any atom is 0.225 e. The van der Waals surface area contributed by atoms with Gasteiger partial charge in [-0.05, 0) is 46.3 Å². The summed E-state index contributed by atoms with van der Waals surface area (Å²) in [5, 5.41) is 12.5. The summed E-state index contributed by atoms with van der Waals surface area (Å²) in [5.74, 6) is 0.577. The highest BCUT2D eigenvalue weighted by molar-refractivity contribution is 9.10. The van der Waals surface area contributed by atoms with Crippen LogP contribution in [0, 0.1) is 11.3 Å². The van der Waals surface area contributed by atoms with Crippen LogP contribution in [0.25, 0.3) is 0 Å². The standard InChI is InChI=1S/C15H12BrN3OS/c16-12-4-5-15(18-10-12)21-7-6-14(20)19-13-3-1-2-11(8-13)9-17/h1-5,8,10H,6-7H2,(H,19,20). The molecule has 1 aromatic heterocycles. The highest BCUT2D eigenvalue weighted by Crippen LogP contribution is 2.18. The summed E-state index contributed by atoms with van der Waals surface area (Å²) in [6.45, 7) is 0. The van der Waals surface area contributed by atoms with Crippen molar-refractivity contribution in [3.8, 4) is 6.07 Å². The Kier molecular flexibility index (Phi) is 5.78. The van der Waals surface area contributed by atoms with Gasteiger partial charge in [-0.1, -0.05) is 6.07 Å². The number of halogens is 1. The van der Waals surface area contributed by atoms with E-state index in [1.54, 1.807) is 30.5 Å². The van der Waals surface area contributed by atoms with Gasteiger partial charge in [0.1, 0.15) is 0 Å². The van der Waals surface area contributed by atoms with E-state index < -0.39 is 0 Å². The lowest BCUT2D eigenvalue weighted by Crippen LogP contribution is -2.12. The number of thioether (sulfide) groups is 1. The van der Waals surface area contributed by atoms with Gasteiger partial charge in [-0.2, -0.15) is 5.26 Å². The zero-order chi connectivity index (χ0) is 15.1. The van der Waals surface area contributed by atoms with Gasteiger partial charge in [0.15, 0.2) is 0 Å². The van der Waals surface area contributed by atoms with Crippen molar-refractivity contribution in [3.05, 3.63) is 52.6 Å². The van der Waals surface area contributed by atoms with Gasteiger partial charge in [0.25, 0.3) is 0 Å². The van der Waals surface area contributed by atoms with E-state index >= 15 is 0 Å². The molecule has 0 aliphatic rings. The number of amides is 1. The average Bonchev–Trinajstić information content (AvgIpc) is 2.49. The molecule has 0 saturated heterocycles. The van der Waals surface area contributed by atoms with Gasteiger partial charge in [-0.15, -0.1) is 11.8 Å². The van der Waals surface area contributed by atoms with Crippen molar-refractivity contribution >= 4 is 39.3 Å². The predicted molar refractivity (Wildman–Crippen MR) is 87.1 cm³/mol. The molecule has 2 aromatic rings. The minimum atomic E-state index is -0.0744. The maximum absolute atomic E-state index is 11.8. The molecule has 0 unspecified atom stereocenters. The molecular weight excluding hydrogens is 350 g/mol.